The Hall–Kier alpha value is -4.06. The number of benzene rings is 2. The Kier molecular flexibility index (Phi) is 5.55. The van der Waals surface area contributed by atoms with Gasteiger partial charge < -0.3 is 9.67 Å². The molecule has 0 amide bonds. The van der Waals surface area contributed by atoms with Crippen molar-refractivity contribution in [2.45, 2.75) is 38.5 Å². The summed E-state index contributed by atoms with van der Waals surface area (Å²) in [6, 6.07) is 18.9. The fourth-order valence-electron chi connectivity index (χ4n) is 6.65. The van der Waals surface area contributed by atoms with Gasteiger partial charge in [0.1, 0.15) is 5.82 Å². The lowest BCUT2D eigenvalue weighted by Crippen LogP contribution is -2.51. The number of aryl methyl sites for hydroxylation is 2. The van der Waals surface area contributed by atoms with Crippen LogP contribution in [0.1, 0.15) is 42.4 Å². The first-order valence-corrected chi connectivity index (χ1v) is 12.8. The average Bonchev–Trinajstić information content (AvgIpc) is 3.36. The summed E-state index contributed by atoms with van der Waals surface area (Å²) < 4.78 is 2.01. The van der Waals surface area contributed by atoms with Gasteiger partial charge in [0.15, 0.2) is 5.78 Å². The van der Waals surface area contributed by atoms with Crippen LogP contribution in [-0.2, 0) is 23.7 Å². The highest BCUT2D eigenvalue weighted by molar-refractivity contribution is 5.98. The Morgan fingerprint density at radius 1 is 1.05 bits per heavy atom. The molecule has 0 aliphatic heterocycles. The third-order valence-electron chi connectivity index (χ3n) is 8.40. The van der Waals surface area contributed by atoms with Crippen LogP contribution in [0.4, 0.5) is 0 Å². The van der Waals surface area contributed by atoms with E-state index in [0.29, 0.717) is 17.8 Å². The highest BCUT2D eigenvalue weighted by atomic mass is 16.2. The number of rotatable bonds is 3. The zero-order chi connectivity index (χ0) is 25.7. The van der Waals surface area contributed by atoms with Crippen LogP contribution < -0.4 is 0 Å². The number of aliphatic hydroxyl groups is 1. The van der Waals surface area contributed by atoms with Gasteiger partial charge in [-0.25, -0.2) is 15.0 Å². The summed E-state index contributed by atoms with van der Waals surface area (Å²) in [5.74, 6) is 0.629. The fraction of sp³-hybridized carbons (Fsp3) is 0.290. The maximum absolute atomic E-state index is 13.1. The van der Waals surface area contributed by atoms with Crippen LogP contribution in [0, 0.1) is 18.8 Å². The number of nitrogens with zero attached hydrogens (tertiary/aromatic N) is 4. The molecular weight excluding hydrogens is 460 g/mol. The number of carbonyl (C=O) groups excluding carboxylic acids is 1. The number of carbonyl (C=O) groups is 1. The molecule has 2 aromatic carbocycles. The van der Waals surface area contributed by atoms with Gasteiger partial charge in [0.05, 0.1) is 35.9 Å². The van der Waals surface area contributed by atoms with Crippen LogP contribution in [0.25, 0.3) is 22.5 Å². The zero-order valence-electron chi connectivity index (χ0n) is 21.3. The van der Waals surface area contributed by atoms with Crippen LogP contribution >= 0.6 is 0 Å². The fourth-order valence-corrected chi connectivity index (χ4v) is 6.65. The van der Waals surface area contributed by atoms with Gasteiger partial charge in [0.2, 0.25) is 0 Å². The standard InChI is InChI=1S/C31H30N4O2/c1-19-26-14-13-25-28(22-11-9-21(10-12-22)27-16-32-18-35(27)3)33-20(2)34-30(25)31(26,15-23(17-36)29(19)37)24-7-5-4-6-8-24/h4-12,16-19,26,36H,13-15H2,1-3H3/t19-,26-,31+/m0/s1. The number of allylic oxidation sites excluding steroid dienone is 1. The summed E-state index contributed by atoms with van der Waals surface area (Å²) >= 11 is 0. The Morgan fingerprint density at radius 2 is 1.78 bits per heavy atom. The van der Waals surface area contributed by atoms with Gasteiger partial charge in [0, 0.05) is 35.1 Å². The van der Waals surface area contributed by atoms with Crippen molar-refractivity contribution in [2.75, 3.05) is 0 Å². The van der Waals surface area contributed by atoms with E-state index >= 15 is 0 Å². The predicted octanol–water partition coefficient (Wildman–Crippen LogP) is 5.75. The van der Waals surface area contributed by atoms with E-state index in [2.05, 4.69) is 41.4 Å². The minimum atomic E-state index is -0.506. The molecule has 6 nitrogen and oxygen atoms in total. The first-order chi connectivity index (χ1) is 17.9. The average molecular weight is 491 g/mol. The van der Waals surface area contributed by atoms with Crippen LogP contribution in [-0.4, -0.2) is 30.4 Å². The van der Waals surface area contributed by atoms with E-state index < -0.39 is 5.41 Å². The molecule has 2 aliphatic carbocycles. The first-order valence-electron chi connectivity index (χ1n) is 12.8. The van der Waals surface area contributed by atoms with Gasteiger partial charge in [-0.15, -0.1) is 0 Å². The molecule has 3 atom stereocenters. The maximum atomic E-state index is 13.1. The van der Waals surface area contributed by atoms with Crippen molar-refractivity contribution in [2.24, 2.45) is 18.9 Å². The molecule has 1 fully saturated rings. The number of imidazole rings is 1. The lowest BCUT2D eigenvalue weighted by atomic mass is 9.52. The number of aliphatic hydroxyl groups excluding tert-OH is 1. The Balaban J connectivity index is 1.55. The molecule has 2 heterocycles. The molecule has 6 heteroatoms. The second-order valence-electron chi connectivity index (χ2n) is 10.4. The van der Waals surface area contributed by atoms with Gasteiger partial charge in [-0.3, -0.25) is 4.79 Å². The highest BCUT2D eigenvalue weighted by Crippen LogP contribution is 2.56. The monoisotopic (exact) mass is 490 g/mol. The third-order valence-corrected chi connectivity index (χ3v) is 8.40. The number of hydrogen-bond donors (Lipinski definition) is 1. The molecule has 0 spiro atoms. The van der Waals surface area contributed by atoms with Crippen LogP contribution in [0.3, 0.4) is 0 Å². The molecule has 0 unspecified atom stereocenters. The van der Waals surface area contributed by atoms with Gasteiger partial charge in [-0.1, -0.05) is 61.5 Å². The molecule has 0 radical (unpaired) electrons. The van der Waals surface area contributed by atoms with E-state index in [-0.39, 0.29) is 17.6 Å². The zero-order valence-corrected chi connectivity index (χ0v) is 21.3. The van der Waals surface area contributed by atoms with Crippen molar-refractivity contribution in [1.82, 2.24) is 19.5 Å². The van der Waals surface area contributed by atoms with Crippen molar-refractivity contribution in [3.63, 3.8) is 0 Å². The maximum Gasteiger partial charge on any atom is 0.165 e. The summed E-state index contributed by atoms with van der Waals surface area (Å²) in [5, 5.41) is 10.1. The normalized spacial score (nSPS) is 24.1. The summed E-state index contributed by atoms with van der Waals surface area (Å²) in [6.45, 7) is 3.95. The van der Waals surface area contributed by atoms with E-state index in [1.54, 1.807) is 6.33 Å². The van der Waals surface area contributed by atoms with E-state index in [1.165, 1.54) is 0 Å². The minimum absolute atomic E-state index is 0.0410. The van der Waals surface area contributed by atoms with Crippen molar-refractivity contribution in [3.05, 3.63) is 102 Å². The first kappa shape index (κ1) is 23.3. The molecule has 186 valence electrons. The predicted molar refractivity (Wildman–Crippen MR) is 143 cm³/mol. The number of aromatic nitrogens is 4. The topological polar surface area (TPSA) is 80.9 Å². The van der Waals surface area contributed by atoms with Crippen LogP contribution in [0.5, 0.6) is 0 Å². The molecule has 1 N–H and O–H groups in total. The van der Waals surface area contributed by atoms with E-state index in [4.69, 9.17) is 9.97 Å². The Morgan fingerprint density at radius 3 is 2.46 bits per heavy atom. The minimum Gasteiger partial charge on any atom is -0.515 e. The molecule has 6 rings (SSSR count). The van der Waals surface area contributed by atoms with Crippen molar-refractivity contribution in [3.8, 4) is 22.5 Å². The van der Waals surface area contributed by atoms with Gasteiger partial charge in [-0.2, -0.15) is 0 Å². The smallest absolute Gasteiger partial charge is 0.165 e. The molecule has 37 heavy (non-hydrogen) atoms. The molecule has 4 aromatic rings. The second-order valence-corrected chi connectivity index (χ2v) is 10.4. The third kappa shape index (κ3) is 3.54. The lowest BCUT2D eigenvalue weighted by Gasteiger charge is -2.51. The summed E-state index contributed by atoms with van der Waals surface area (Å²) in [7, 11) is 1.99. The molecule has 2 aliphatic rings. The van der Waals surface area contributed by atoms with E-state index in [0.717, 1.165) is 58.4 Å². The second kappa shape index (κ2) is 8.80. The molecule has 0 bridgehead atoms. The molecule has 0 saturated heterocycles. The van der Waals surface area contributed by atoms with E-state index in [1.807, 2.05) is 49.9 Å². The summed E-state index contributed by atoms with van der Waals surface area (Å²) in [5.41, 5.74) is 7.38. The van der Waals surface area contributed by atoms with Crippen LogP contribution in [0.15, 0.2) is 79.0 Å². The SMILES string of the molecule is Cc1nc(-c2ccc(-c3cncn3C)cc2)c2c(n1)[C@@]1(c3ccccc3)CC(=CO)C(=O)[C@@H](C)[C@@H]1CC2. The van der Waals surface area contributed by atoms with Crippen molar-refractivity contribution >= 4 is 5.78 Å². The molecule has 1 saturated carbocycles. The molecule has 2 aromatic heterocycles. The molecular formula is C31H30N4O2. The number of ketones is 1. The lowest BCUT2D eigenvalue weighted by molar-refractivity contribution is -0.123. The number of Topliss-reactive ketones (excluding diaryl/α,β-unsaturated/α-hetero) is 1. The number of fused-ring (bicyclic) bond motifs is 3. The van der Waals surface area contributed by atoms with Crippen molar-refractivity contribution < 1.29 is 9.90 Å². The van der Waals surface area contributed by atoms with Crippen molar-refractivity contribution in [1.29, 1.82) is 0 Å². The van der Waals surface area contributed by atoms with Gasteiger partial charge >= 0.3 is 0 Å². The van der Waals surface area contributed by atoms with Crippen LogP contribution in [0.2, 0.25) is 0 Å². The van der Waals surface area contributed by atoms with Gasteiger partial charge in [0.25, 0.3) is 0 Å². The summed E-state index contributed by atoms with van der Waals surface area (Å²) in [6.07, 6.45) is 6.79. The number of hydrogen-bond acceptors (Lipinski definition) is 5. The summed E-state index contributed by atoms with van der Waals surface area (Å²) in [4.78, 5) is 27.4. The quantitative estimate of drug-likeness (QED) is 0.292. The highest BCUT2D eigenvalue weighted by Gasteiger charge is 2.55. The Bertz CT molecular complexity index is 1520. The van der Waals surface area contributed by atoms with E-state index in [9.17, 15) is 9.90 Å². The Labute approximate surface area is 216 Å². The van der Waals surface area contributed by atoms with Gasteiger partial charge in [-0.05, 0) is 43.2 Å². The largest absolute Gasteiger partial charge is 0.515 e.